The molecule has 0 spiro atoms. The molecule has 1 aliphatic rings. The summed E-state index contributed by atoms with van der Waals surface area (Å²) in [5, 5.41) is 2.39. The van der Waals surface area contributed by atoms with Crippen LogP contribution in [0.3, 0.4) is 0 Å². The van der Waals surface area contributed by atoms with Gasteiger partial charge in [0.15, 0.2) is 16.7 Å². The minimum atomic E-state index is -3.90. The highest BCUT2D eigenvalue weighted by Crippen LogP contribution is 2.36. The van der Waals surface area contributed by atoms with Gasteiger partial charge in [-0.15, -0.1) is 15.7 Å². The molecule has 0 aliphatic carbocycles. The van der Waals surface area contributed by atoms with Gasteiger partial charge in [0.25, 0.3) is 15.9 Å². The zero-order valence-corrected chi connectivity index (χ0v) is 22.0. The molecule has 0 bridgehead atoms. The van der Waals surface area contributed by atoms with Gasteiger partial charge in [0.1, 0.15) is 10.8 Å². The minimum absolute atomic E-state index is 0.126. The van der Waals surface area contributed by atoms with Crippen LogP contribution in [0.2, 0.25) is 5.02 Å². The molecule has 0 unspecified atom stereocenters. The van der Waals surface area contributed by atoms with E-state index in [0.717, 1.165) is 28.7 Å². The number of thioether (sulfide) groups is 1. The maximum Gasteiger partial charge on any atom is 0.294 e. The predicted octanol–water partition coefficient (Wildman–Crippen LogP) is 5.67. The molecule has 11 heteroatoms. The number of amides is 1. The first-order valence-corrected chi connectivity index (χ1v) is 14.0. The highest BCUT2D eigenvalue weighted by Gasteiger charge is 2.34. The molecule has 0 radical (unpaired) electrons. The normalized spacial score (nSPS) is 16.3. The van der Waals surface area contributed by atoms with Gasteiger partial charge in [-0.05, 0) is 60.0 Å². The van der Waals surface area contributed by atoms with Gasteiger partial charge in [0, 0.05) is 17.1 Å². The molecule has 1 aromatic heterocycles. The van der Waals surface area contributed by atoms with Gasteiger partial charge in [0.2, 0.25) is 0 Å². The average Bonchev–Trinajstić information content (AvgIpc) is 3.48. The van der Waals surface area contributed by atoms with Crippen molar-refractivity contribution >= 4 is 61.9 Å². The molecule has 1 fully saturated rings. The van der Waals surface area contributed by atoms with Crippen molar-refractivity contribution in [3.8, 4) is 11.5 Å². The van der Waals surface area contributed by atoms with Gasteiger partial charge in [-0.1, -0.05) is 41.9 Å². The number of sulfonamides is 1. The zero-order chi connectivity index (χ0) is 25.0. The summed E-state index contributed by atoms with van der Waals surface area (Å²) in [6.07, 6.45) is 1.68. The maximum atomic E-state index is 13.0. The summed E-state index contributed by atoms with van der Waals surface area (Å²) in [6, 6.07) is 15.8. The molecular formula is C24H21ClN2O5S3. The molecule has 7 nitrogen and oxygen atoms in total. The molecule has 0 atom stereocenters. The fourth-order valence-corrected chi connectivity index (χ4v) is 6.63. The van der Waals surface area contributed by atoms with Crippen molar-refractivity contribution in [2.45, 2.75) is 17.7 Å². The fraction of sp³-hybridized carbons (Fsp3) is 0.167. The first kappa shape index (κ1) is 25.3. The first-order valence-electron chi connectivity index (χ1n) is 10.5. The molecule has 1 saturated heterocycles. The van der Waals surface area contributed by atoms with Crippen LogP contribution in [0.1, 0.15) is 18.1 Å². The third-order valence-corrected chi connectivity index (χ3v) is 9.11. The van der Waals surface area contributed by atoms with E-state index in [1.807, 2.05) is 18.2 Å². The van der Waals surface area contributed by atoms with Crippen molar-refractivity contribution in [2.24, 2.45) is 4.40 Å². The lowest BCUT2D eigenvalue weighted by Gasteiger charge is -2.12. The molecule has 0 N–H and O–H groups in total. The van der Waals surface area contributed by atoms with E-state index in [9.17, 15) is 13.2 Å². The lowest BCUT2D eigenvalue weighted by Crippen LogP contribution is -2.29. The monoisotopic (exact) mass is 548 g/mol. The summed E-state index contributed by atoms with van der Waals surface area (Å²) >= 11 is 8.33. The Balaban J connectivity index is 1.61. The highest BCUT2D eigenvalue weighted by molar-refractivity contribution is 8.19. The van der Waals surface area contributed by atoms with Crippen LogP contribution in [0, 0.1) is 0 Å². The van der Waals surface area contributed by atoms with E-state index in [1.54, 1.807) is 55.8 Å². The number of rotatable bonds is 8. The molecule has 0 saturated carbocycles. The van der Waals surface area contributed by atoms with Crippen molar-refractivity contribution in [3.63, 3.8) is 0 Å². The summed E-state index contributed by atoms with van der Waals surface area (Å²) < 4.78 is 40.7. The number of nitrogens with zero attached hydrogens (tertiary/aromatic N) is 2. The number of hydrogen-bond donors (Lipinski definition) is 0. The molecule has 4 rings (SSSR count). The van der Waals surface area contributed by atoms with Crippen molar-refractivity contribution < 1.29 is 22.7 Å². The standard InChI is InChI=1S/C24H21ClN2O5S3/c1-3-27-23(28)21(34-24(27)26-35(29,30)22-9-6-12-33-22)14-16-10-11-19(31-2)20(13-16)32-15-17-7-4-5-8-18(17)25/h4-14H,3,15H2,1-2H3. The van der Waals surface area contributed by atoms with E-state index < -0.39 is 10.0 Å². The Bertz CT molecular complexity index is 1400. The van der Waals surface area contributed by atoms with Crippen LogP contribution < -0.4 is 9.47 Å². The SMILES string of the molecule is CCN1C(=O)C(=Cc2ccc(OC)c(OCc3ccccc3Cl)c2)SC1=NS(=O)(=O)c1cccs1. The second-order valence-corrected chi connectivity index (χ2v) is 11.4. The quantitative estimate of drug-likeness (QED) is 0.337. The molecule has 35 heavy (non-hydrogen) atoms. The Morgan fingerprint density at radius 2 is 1.91 bits per heavy atom. The molecule has 182 valence electrons. The molecular weight excluding hydrogens is 528 g/mol. The number of likely N-dealkylation sites (N-methyl/N-ethyl adjacent to an activating group) is 1. The van der Waals surface area contributed by atoms with Gasteiger partial charge < -0.3 is 9.47 Å². The number of halogens is 1. The fourth-order valence-electron chi connectivity index (χ4n) is 3.23. The number of carbonyl (C=O) groups is 1. The molecule has 1 amide bonds. The van der Waals surface area contributed by atoms with Crippen LogP contribution in [0.5, 0.6) is 11.5 Å². The Labute approximate surface area is 217 Å². The van der Waals surface area contributed by atoms with Gasteiger partial charge >= 0.3 is 0 Å². The number of ether oxygens (including phenoxy) is 2. The second kappa shape index (κ2) is 10.9. The lowest BCUT2D eigenvalue weighted by molar-refractivity contribution is -0.122. The third kappa shape index (κ3) is 5.72. The topological polar surface area (TPSA) is 85.3 Å². The van der Waals surface area contributed by atoms with Crippen LogP contribution in [0.25, 0.3) is 6.08 Å². The minimum Gasteiger partial charge on any atom is -0.493 e. The number of benzene rings is 2. The average molecular weight is 549 g/mol. The van der Waals surface area contributed by atoms with Crippen LogP contribution in [0.15, 0.2) is 73.5 Å². The molecule has 1 aliphatic heterocycles. The number of carbonyl (C=O) groups excluding carboxylic acids is 1. The molecule has 2 heterocycles. The largest absolute Gasteiger partial charge is 0.493 e. The Hall–Kier alpha value is -2.79. The number of methoxy groups -OCH3 is 1. The number of hydrogen-bond acceptors (Lipinski definition) is 7. The van der Waals surface area contributed by atoms with E-state index in [-0.39, 0.29) is 28.4 Å². The predicted molar refractivity (Wildman–Crippen MR) is 141 cm³/mol. The van der Waals surface area contributed by atoms with Crippen LogP contribution >= 0.6 is 34.7 Å². The van der Waals surface area contributed by atoms with Crippen LogP contribution in [-0.4, -0.2) is 38.0 Å². The summed E-state index contributed by atoms with van der Waals surface area (Å²) in [5.41, 5.74) is 1.52. The number of thiophene rings is 1. The maximum absolute atomic E-state index is 13.0. The summed E-state index contributed by atoms with van der Waals surface area (Å²) in [7, 11) is -2.36. The van der Waals surface area contributed by atoms with Gasteiger partial charge in [-0.25, -0.2) is 0 Å². The lowest BCUT2D eigenvalue weighted by atomic mass is 10.1. The van der Waals surface area contributed by atoms with E-state index in [2.05, 4.69) is 4.40 Å². The molecule has 3 aromatic rings. The van der Waals surface area contributed by atoms with Crippen molar-refractivity contribution in [3.05, 3.63) is 81.0 Å². The van der Waals surface area contributed by atoms with E-state index in [1.165, 1.54) is 11.0 Å². The van der Waals surface area contributed by atoms with Gasteiger partial charge in [0.05, 0.1) is 12.0 Å². The Kier molecular flexibility index (Phi) is 7.85. The summed E-state index contributed by atoms with van der Waals surface area (Å²) in [4.78, 5) is 14.7. The van der Waals surface area contributed by atoms with Crippen molar-refractivity contribution in [1.82, 2.24) is 4.90 Å². The second-order valence-electron chi connectivity index (χ2n) is 7.23. The first-order chi connectivity index (χ1) is 16.8. The van der Waals surface area contributed by atoms with Crippen LogP contribution in [0.4, 0.5) is 0 Å². The van der Waals surface area contributed by atoms with E-state index >= 15 is 0 Å². The Morgan fingerprint density at radius 1 is 1.11 bits per heavy atom. The summed E-state index contributed by atoms with van der Waals surface area (Å²) in [6.45, 7) is 2.30. The van der Waals surface area contributed by atoms with Crippen molar-refractivity contribution in [1.29, 1.82) is 0 Å². The summed E-state index contributed by atoms with van der Waals surface area (Å²) in [5.74, 6) is 0.704. The zero-order valence-electron chi connectivity index (χ0n) is 18.8. The van der Waals surface area contributed by atoms with Gasteiger partial charge in [-0.3, -0.25) is 9.69 Å². The van der Waals surface area contributed by atoms with E-state index in [0.29, 0.717) is 27.0 Å². The Morgan fingerprint density at radius 3 is 2.60 bits per heavy atom. The van der Waals surface area contributed by atoms with Crippen molar-refractivity contribution in [2.75, 3.05) is 13.7 Å². The number of amidine groups is 1. The van der Waals surface area contributed by atoms with E-state index in [4.69, 9.17) is 21.1 Å². The van der Waals surface area contributed by atoms with Gasteiger partial charge in [-0.2, -0.15) is 8.42 Å². The highest BCUT2D eigenvalue weighted by atomic mass is 35.5. The smallest absolute Gasteiger partial charge is 0.294 e. The molecule has 2 aromatic carbocycles. The van der Waals surface area contributed by atoms with Crippen LogP contribution in [-0.2, 0) is 21.4 Å². The third-order valence-electron chi connectivity index (χ3n) is 4.98.